The summed E-state index contributed by atoms with van der Waals surface area (Å²) in [6.45, 7) is 16.6. The van der Waals surface area contributed by atoms with Crippen LogP contribution in [0.4, 0.5) is 0 Å². The fourth-order valence-electron chi connectivity index (χ4n) is 6.71. The van der Waals surface area contributed by atoms with Gasteiger partial charge in [0, 0.05) is 6.42 Å². The van der Waals surface area contributed by atoms with Crippen molar-refractivity contribution in [2.24, 2.45) is 23.2 Å². The van der Waals surface area contributed by atoms with E-state index in [4.69, 9.17) is 0 Å². The molecule has 0 amide bonds. The molecule has 31 heavy (non-hydrogen) atoms. The molecule has 3 nitrogen and oxygen atoms in total. The summed E-state index contributed by atoms with van der Waals surface area (Å²) in [5.74, 6) is 2.05. The lowest BCUT2D eigenvalue weighted by Gasteiger charge is -2.44. The Balaban J connectivity index is 1.72. The summed E-state index contributed by atoms with van der Waals surface area (Å²) in [6, 6.07) is 0. The van der Waals surface area contributed by atoms with Crippen LogP contribution in [0.2, 0.25) is 0 Å². The van der Waals surface area contributed by atoms with Crippen molar-refractivity contribution in [3.8, 4) is 0 Å². The molecule has 0 aromatic heterocycles. The normalized spacial score (nSPS) is 38.0. The van der Waals surface area contributed by atoms with Gasteiger partial charge in [-0.25, -0.2) is 0 Å². The first-order chi connectivity index (χ1) is 14.4. The highest BCUT2D eigenvalue weighted by molar-refractivity contribution is 5.45. The molecule has 0 bridgehead atoms. The average molecular weight is 429 g/mol. The number of hydrogen-bond donors (Lipinski definition) is 3. The van der Waals surface area contributed by atoms with Crippen LogP contribution in [0.3, 0.4) is 0 Å². The third-order valence-corrected chi connectivity index (χ3v) is 8.61. The summed E-state index contributed by atoms with van der Waals surface area (Å²) in [5.41, 5.74) is 3.41. The molecule has 3 aliphatic rings. The minimum Gasteiger partial charge on any atom is -0.390 e. The van der Waals surface area contributed by atoms with Gasteiger partial charge >= 0.3 is 0 Å². The largest absolute Gasteiger partial charge is 0.390 e. The van der Waals surface area contributed by atoms with Crippen LogP contribution in [0.25, 0.3) is 0 Å². The molecule has 174 valence electrons. The zero-order valence-electron chi connectivity index (χ0n) is 20.2. The molecule has 3 fully saturated rings. The predicted molar refractivity (Wildman–Crippen MR) is 129 cm³/mol. The highest BCUT2D eigenvalue weighted by Crippen LogP contribution is 2.60. The summed E-state index contributed by atoms with van der Waals surface area (Å²) in [5, 5.41) is 30.5. The predicted octanol–water partition coefficient (Wildman–Crippen LogP) is 5.87. The number of rotatable bonds is 6. The Morgan fingerprint density at radius 3 is 2.58 bits per heavy atom. The van der Waals surface area contributed by atoms with Crippen molar-refractivity contribution >= 4 is 0 Å². The van der Waals surface area contributed by atoms with E-state index in [-0.39, 0.29) is 0 Å². The molecule has 3 rings (SSSR count). The van der Waals surface area contributed by atoms with Crippen molar-refractivity contribution in [1.29, 1.82) is 0 Å². The van der Waals surface area contributed by atoms with Gasteiger partial charge < -0.3 is 15.3 Å². The summed E-state index contributed by atoms with van der Waals surface area (Å²) < 4.78 is 0. The second kappa shape index (κ2) is 9.37. The van der Waals surface area contributed by atoms with Crippen molar-refractivity contribution in [3.63, 3.8) is 0 Å². The van der Waals surface area contributed by atoms with Crippen LogP contribution in [-0.4, -0.2) is 33.1 Å². The van der Waals surface area contributed by atoms with Crippen molar-refractivity contribution in [2.45, 2.75) is 103 Å². The Hall–Kier alpha value is -1.16. The van der Waals surface area contributed by atoms with Gasteiger partial charge in [-0.2, -0.15) is 0 Å². The number of fused-ring (bicyclic) bond motifs is 1. The molecule has 2 unspecified atom stereocenters. The average Bonchev–Trinajstić information content (AvgIpc) is 3.04. The van der Waals surface area contributed by atoms with E-state index in [0.717, 1.165) is 30.8 Å². The highest BCUT2D eigenvalue weighted by atomic mass is 16.3. The van der Waals surface area contributed by atoms with Gasteiger partial charge in [0.05, 0.1) is 11.7 Å². The number of allylic oxidation sites excluding steroid dienone is 3. The standard InChI is InChI=1S/C28H44O3/c1-18(9-7-15-27(4,5)31)23-13-14-24-21(10-8-16-28(23,24)6)11-12-22-17-25(29)20(3)26(30)19(22)2/h11-12,18,23-26,29-31H,2-3,7-10,13-17H2,1,4-6H3/b21-11+,22-12+/t18-,23+,24?,25+,26?,28+/m0/s1. The van der Waals surface area contributed by atoms with Crippen molar-refractivity contribution in [3.05, 3.63) is 47.6 Å². The molecule has 0 aromatic rings. The van der Waals surface area contributed by atoms with Gasteiger partial charge in [-0.1, -0.05) is 57.6 Å². The molecule has 0 aromatic carbocycles. The lowest BCUT2D eigenvalue weighted by molar-refractivity contribution is 0.0596. The van der Waals surface area contributed by atoms with Crippen LogP contribution in [0, 0.1) is 23.2 Å². The summed E-state index contributed by atoms with van der Waals surface area (Å²) in [4.78, 5) is 0. The Labute approximate surface area is 189 Å². The molecule has 0 aliphatic heterocycles. The first kappa shape index (κ1) is 24.5. The summed E-state index contributed by atoms with van der Waals surface area (Å²) in [7, 11) is 0. The van der Waals surface area contributed by atoms with Gasteiger partial charge in [0.2, 0.25) is 0 Å². The van der Waals surface area contributed by atoms with E-state index >= 15 is 0 Å². The van der Waals surface area contributed by atoms with Crippen molar-refractivity contribution in [1.82, 2.24) is 0 Å². The lowest BCUT2D eigenvalue weighted by Crippen LogP contribution is -2.36. The number of aliphatic hydroxyl groups is 3. The summed E-state index contributed by atoms with van der Waals surface area (Å²) >= 11 is 0. The van der Waals surface area contributed by atoms with Gasteiger partial charge in [0.25, 0.3) is 0 Å². The molecule has 0 saturated heterocycles. The molecular weight excluding hydrogens is 384 g/mol. The highest BCUT2D eigenvalue weighted by Gasteiger charge is 2.50. The van der Waals surface area contributed by atoms with Crippen LogP contribution < -0.4 is 0 Å². The monoisotopic (exact) mass is 428 g/mol. The maximum absolute atomic E-state index is 10.3. The maximum Gasteiger partial charge on any atom is 0.102 e. The van der Waals surface area contributed by atoms with Crippen molar-refractivity contribution in [2.75, 3.05) is 0 Å². The molecule has 3 saturated carbocycles. The molecular formula is C28H44O3. The molecule has 0 heterocycles. The quantitative estimate of drug-likeness (QED) is 0.464. The SMILES string of the molecule is C=C1/C(=C/C=C2\CCC[C@@]3(C)C2CC[C@@H]3[C@@H](C)CCCC(C)(C)O)C[C@@H](O)C(=C)C1O. The third kappa shape index (κ3) is 5.26. The lowest BCUT2D eigenvalue weighted by atomic mass is 9.60. The Morgan fingerprint density at radius 1 is 1.19 bits per heavy atom. The van der Waals surface area contributed by atoms with Crippen LogP contribution in [0.5, 0.6) is 0 Å². The van der Waals surface area contributed by atoms with Crippen molar-refractivity contribution < 1.29 is 15.3 Å². The van der Waals surface area contributed by atoms with E-state index in [1.807, 2.05) is 13.8 Å². The maximum atomic E-state index is 10.3. The van der Waals surface area contributed by atoms with E-state index < -0.39 is 17.8 Å². The van der Waals surface area contributed by atoms with Gasteiger partial charge in [-0.3, -0.25) is 0 Å². The van der Waals surface area contributed by atoms with Gasteiger partial charge in [0.1, 0.15) is 6.10 Å². The third-order valence-electron chi connectivity index (χ3n) is 8.61. The minimum atomic E-state index is -0.842. The molecule has 3 heteroatoms. The van der Waals surface area contributed by atoms with Crippen LogP contribution >= 0.6 is 0 Å². The zero-order valence-corrected chi connectivity index (χ0v) is 20.2. The Bertz CT molecular complexity index is 753. The Morgan fingerprint density at radius 2 is 1.90 bits per heavy atom. The van der Waals surface area contributed by atoms with E-state index in [1.165, 1.54) is 37.7 Å². The molecule has 0 radical (unpaired) electrons. The van der Waals surface area contributed by atoms with Crippen LogP contribution in [-0.2, 0) is 0 Å². The van der Waals surface area contributed by atoms with Gasteiger partial charge in [-0.05, 0) is 92.3 Å². The van der Waals surface area contributed by atoms with E-state index in [1.54, 1.807) is 0 Å². The minimum absolute atomic E-state index is 0.355. The first-order valence-corrected chi connectivity index (χ1v) is 12.3. The number of hydrogen-bond acceptors (Lipinski definition) is 3. The fraction of sp³-hybridized carbons (Fsp3) is 0.714. The van der Waals surface area contributed by atoms with Crippen LogP contribution in [0.15, 0.2) is 47.6 Å². The fourth-order valence-corrected chi connectivity index (χ4v) is 6.71. The first-order valence-electron chi connectivity index (χ1n) is 12.3. The zero-order chi connectivity index (χ0) is 23.0. The molecule has 0 spiro atoms. The van der Waals surface area contributed by atoms with E-state index in [0.29, 0.717) is 34.8 Å². The summed E-state index contributed by atoms with van der Waals surface area (Å²) in [6.07, 6.45) is 12.7. The Kier molecular flexibility index (Phi) is 7.40. The second-order valence-corrected chi connectivity index (χ2v) is 11.4. The smallest absolute Gasteiger partial charge is 0.102 e. The van der Waals surface area contributed by atoms with E-state index in [9.17, 15) is 15.3 Å². The number of aliphatic hydroxyl groups excluding tert-OH is 2. The molecule has 3 N–H and O–H groups in total. The van der Waals surface area contributed by atoms with Gasteiger partial charge in [0.15, 0.2) is 0 Å². The molecule has 3 aliphatic carbocycles. The van der Waals surface area contributed by atoms with Crippen LogP contribution in [0.1, 0.15) is 85.5 Å². The molecule has 6 atom stereocenters. The topological polar surface area (TPSA) is 60.7 Å². The second-order valence-electron chi connectivity index (χ2n) is 11.4. The van der Waals surface area contributed by atoms with Gasteiger partial charge in [-0.15, -0.1) is 0 Å². The van der Waals surface area contributed by atoms with E-state index in [2.05, 4.69) is 39.2 Å².